The van der Waals surface area contributed by atoms with Crippen LogP contribution in [0.1, 0.15) is 26.5 Å². The molecule has 0 aliphatic rings. The highest BCUT2D eigenvalue weighted by atomic mass is 16.3. The van der Waals surface area contributed by atoms with Crippen LogP contribution >= 0.6 is 0 Å². The molecule has 1 N–H and O–H groups in total. The van der Waals surface area contributed by atoms with Gasteiger partial charge in [0.05, 0.1) is 17.6 Å². The van der Waals surface area contributed by atoms with Gasteiger partial charge in [-0.15, -0.1) is 0 Å². The number of benzene rings is 4. The zero-order chi connectivity index (χ0) is 26.6. The number of carbonyl (C=O) groups excluding carboxylic acids is 2. The number of hydrogen-bond acceptors (Lipinski definition) is 4. The summed E-state index contributed by atoms with van der Waals surface area (Å²) in [5.74, 6) is -0.377. The molecular weight excluding hydrogens is 486 g/mol. The highest BCUT2D eigenvalue weighted by molar-refractivity contribution is 6.08. The number of para-hydroxylation sites is 1. The Hall–Kier alpha value is -5.49. The molecule has 39 heavy (non-hydrogen) atoms. The molecule has 6 aromatic rings. The smallest absolute Gasteiger partial charge is 0.291 e. The number of amides is 1. The number of aromatic nitrogens is 2. The summed E-state index contributed by atoms with van der Waals surface area (Å²) in [7, 11) is 0. The molecule has 0 unspecified atom stereocenters. The van der Waals surface area contributed by atoms with Crippen molar-refractivity contribution in [2.75, 3.05) is 5.32 Å². The Bertz CT molecular complexity index is 1820. The van der Waals surface area contributed by atoms with Crippen LogP contribution in [0.2, 0.25) is 0 Å². The third-order valence-electron chi connectivity index (χ3n) is 6.35. The molecule has 0 saturated heterocycles. The lowest BCUT2D eigenvalue weighted by Crippen LogP contribution is -2.11. The number of rotatable bonds is 7. The predicted octanol–water partition coefficient (Wildman–Crippen LogP) is 7.43. The lowest BCUT2D eigenvalue weighted by molar-refractivity contribution is 0.0994. The van der Waals surface area contributed by atoms with Gasteiger partial charge in [-0.3, -0.25) is 9.59 Å². The molecule has 0 atom stereocenters. The van der Waals surface area contributed by atoms with E-state index >= 15 is 0 Å². The number of anilines is 1. The van der Waals surface area contributed by atoms with Gasteiger partial charge in [0.1, 0.15) is 0 Å². The topological polar surface area (TPSA) is 77.1 Å². The Labute approximate surface area is 224 Å². The molecular formula is C33H23N3O3. The van der Waals surface area contributed by atoms with Gasteiger partial charge in [0, 0.05) is 28.6 Å². The van der Waals surface area contributed by atoms with Crippen molar-refractivity contribution >= 4 is 34.2 Å². The quantitative estimate of drug-likeness (QED) is 0.179. The summed E-state index contributed by atoms with van der Waals surface area (Å²) >= 11 is 0. The van der Waals surface area contributed by atoms with E-state index in [1.165, 1.54) is 12.3 Å². The average Bonchev–Trinajstić information content (AvgIpc) is 3.67. The second-order valence-electron chi connectivity index (χ2n) is 8.98. The van der Waals surface area contributed by atoms with E-state index in [-0.39, 0.29) is 17.5 Å². The average molecular weight is 510 g/mol. The van der Waals surface area contributed by atoms with Crippen molar-refractivity contribution in [1.82, 2.24) is 9.78 Å². The summed E-state index contributed by atoms with van der Waals surface area (Å²) in [6, 6.07) is 34.3. The number of nitrogens with one attached hydrogen (secondary N) is 1. The minimum atomic E-state index is -0.381. The summed E-state index contributed by atoms with van der Waals surface area (Å²) in [5, 5.41) is 9.90. The van der Waals surface area contributed by atoms with Crippen molar-refractivity contribution in [3.63, 3.8) is 0 Å². The first-order chi connectivity index (χ1) is 19.1. The van der Waals surface area contributed by atoms with Gasteiger partial charge in [0.2, 0.25) is 0 Å². The molecule has 0 aliphatic carbocycles. The van der Waals surface area contributed by atoms with Crippen molar-refractivity contribution in [3.8, 4) is 16.9 Å². The third-order valence-corrected chi connectivity index (χ3v) is 6.35. The highest BCUT2D eigenvalue weighted by Crippen LogP contribution is 2.28. The molecule has 0 radical (unpaired) electrons. The van der Waals surface area contributed by atoms with Gasteiger partial charge in [-0.25, -0.2) is 4.68 Å². The molecule has 1 amide bonds. The Balaban J connectivity index is 1.31. The fourth-order valence-corrected chi connectivity index (χ4v) is 4.40. The molecule has 4 aromatic carbocycles. The Morgan fingerprint density at radius 3 is 2.44 bits per heavy atom. The SMILES string of the molecule is O=C(/C=C/c1cn(-c2ccccc2)nc1-c1ccc2ccccc2c1)c1cccc(NC(=O)c2ccco2)c1. The molecule has 2 heterocycles. The highest BCUT2D eigenvalue weighted by Gasteiger charge is 2.13. The van der Waals surface area contributed by atoms with Gasteiger partial charge in [-0.2, -0.15) is 5.10 Å². The zero-order valence-electron chi connectivity index (χ0n) is 20.8. The van der Waals surface area contributed by atoms with Crippen LogP contribution in [0.25, 0.3) is 33.8 Å². The monoisotopic (exact) mass is 509 g/mol. The lowest BCUT2D eigenvalue weighted by atomic mass is 10.0. The van der Waals surface area contributed by atoms with E-state index in [1.54, 1.807) is 42.5 Å². The van der Waals surface area contributed by atoms with Crippen LogP contribution in [0.4, 0.5) is 5.69 Å². The van der Waals surface area contributed by atoms with E-state index in [1.807, 2.05) is 59.4 Å². The first kappa shape index (κ1) is 23.9. The minimum Gasteiger partial charge on any atom is -0.459 e. The normalized spacial score (nSPS) is 11.2. The minimum absolute atomic E-state index is 0.193. The Morgan fingerprint density at radius 2 is 1.62 bits per heavy atom. The van der Waals surface area contributed by atoms with Crippen molar-refractivity contribution in [2.45, 2.75) is 0 Å². The van der Waals surface area contributed by atoms with Crippen molar-refractivity contribution in [2.24, 2.45) is 0 Å². The van der Waals surface area contributed by atoms with Crippen LogP contribution in [0.15, 0.2) is 132 Å². The maximum Gasteiger partial charge on any atom is 0.291 e. The number of furan rings is 1. The van der Waals surface area contributed by atoms with E-state index < -0.39 is 0 Å². The van der Waals surface area contributed by atoms with Crippen LogP contribution < -0.4 is 5.32 Å². The summed E-state index contributed by atoms with van der Waals surface area (Å²) in [5.41, 5.74) is 4.41. The van der Waals surface area contributed by atoms with Crippen molar-refractivity contribution in [1.29, 1.82) is 0 Å². The van der Waals surface area contributed by atoms with Gasteiger partial charge in [-0.05, 0) is 65.4 Å². The molecule has 6 rings (SSSR count). The molecule has 6 nitrogen and oxygen atoms in total. The van der Waals surface area contributed by atoms with Crippen molar-refractivity contribution < 1.29 is 14.0 Å². The molecule has 0 bridgehead atoms. The number of ketones is 1. The van der Waals surface area contributed by atoms with Gasteiger partial charge >= 0.3 is 0 Å². The maximum atomic E-state index is 13.1. The number of fused-ring (bicyclic) bond motifs is 1. The van der Waals surface area contributed by atoms with Crippen molar-refractivity contribution in [3.05, 3.63) is 145 Å². The maximum absolute atomic E-state index is 13.1. The standard InChI is InChI=1S/C33H23N3O3/c37-30(25-10-6-11-28(21-25)34-33(38)31-14-7-19-39-31)18-17-27-22-36(29-12-2-1-3-13-29)35-32(27)26-16-15-23-8-4-5-9-24(23)20-26/h1-22H,(H,34,38)/b18-17+. The Kier molecular flexibility index (Phi) is 6.41. The van der Waals surface area contributed by atoms with E-state index in [0.29, 0.717) is 11.3 Å². The summed E-state index contributed by atoms with van der Waals surface area (Å²) in [4.78, 5) is 25.5. The summed E-state index contributed by atoms with van der Waals surface area (Å²) in [6.45, 7) is 0. The lowest BCUT2D eigenvalue weighted by Gasteiger charge is -2.05. The van der Waals surface area contributed by atoms with Gasteiger partial charge in [0.25, 0.3) is 5.91 Å². The second kappa shape index (κ2) is 10.5. The Morgan fingerprint density at radius 1 is 0.795 bits per heavy atom. The second-order valence-corrected chi connectivity index (χ2v) is 8.98. The molecule has 188 valence electrons. The van der Waals surface area contributed by atoms with Crippen LogP contribution in [-0.4, -0.2) is 21.5 Å². The number of allylic oxidation sites excluding steroid dienone is 1. The van der Waals surface area contributed by atoms with E-state index in [4.69, 9.17) is 9.52 Å². The van der Waals surface area contributed by atoms with Crippen LogP contribution in [0, 0.1) is 0 Å². The molecule has 6 heteroatoms. The van der Waals surface area contributed by atoms with Gasteiger partial charge < -0.3 is 9.73 Å². The largest absolute Gasteiger partial charge is 0.459 e. The van der Waals surface area contributed by atoms with Crippen LogP contribution in [0.3, 0.4) is 0 Å². The van der Waals surface area contributed by atoms with E-state index in [9.17, 15) is 9.59 Å². The summed E-state index contributed by atoms with van der Waals surface area (Å²) < 4.78 is 6.96. The van der Waals surface area contributed by atoms with Crippen LogP contribution in [-0.2, 0) is 0 Å². The number of carbonyl (C=O) groups is 2. The fraction of sp³-hybridized carbons (Fsp3) is 0. The van der Waals surface area contributed by atoms with E-state index in [0.717, 1.165) is 33.3 Å². The zero-order valence-corrected chi connectivity index (χ0v) is 20.8. The number of hydrogen-bond donors (Lipinski definition) is 1. The first-order valence-corrected chi connectivity index (χ1v) is 12.5. The van der Waals surface area contributed by atoms with Crippen LogP contribution in [0.5, 0.6) is 0 Å². The predicted molar refractivity (Wildman–Crippen MR) is 153 cm³/mol. The third kappa shape index (κ3) is 5.17. The van der Waals surface area contributed by atoms with E-state index in [2.05, 4.69) is 29.6 Å². The first-order valence-electron chi connectivity index (χ1n) is 12.5. The molecule has 0 aliphatic heterocycles. The molecule has 0 saturated carbocycles. The fourth-order valence-electron chi connectivity index (χ4n) is 4.40. The molecule has 2 aromatic heterocycles. The summed E-state index contributed by atoms with van der Waals surface area (Å²) in [6.07, 6.45) is 6.67. The molecule has 0 fully saturated rings. The van der Waals surface area contributed by atoms with Gasteiger partial charge in [0.15, 0.2) is 11.5 Å². The van der Waals surface area contributed by atoms with Gasteiger partial charge in [-0.1, -0.05) is 66.7 Å². The number of nitrogens with zero attached hydrogens (tertiary/aromatic N) is 2. The molecule has 0 spiro atoms.